The Balaban J connectivity index is 1.37. The zero-order valence-corrected chi connectivity index (χ0v) is 16.8. The number of carbonyl (C=O) groups excluding carboxylic acids is 1. The first kappa shape index (κ1) is 19.6. The Kier molecular flexibility index (Phi) is 5.69. The van der Waals surface area contributed by atoms with Gasteiger partial charge in [0.05, 0.1) is 13.7 Å². The molecule has 9 nitrogen and oxygen atoms in total. The summed E-state index contributed by atoms with van der Waals surface area (Å²) in [5, 5.41) is 15.2. The molecule has 0 saturated carbocycles. The van der Waals surface area contributed by atoms with Crippen molar-refractivity contribution in [2.45, 2.75) is 32.7 Å². The number of carbonyl (C=O) groups is 1. The lowest BCUT2D eigenvalue weighted by Crippen LogP contribution is -2.24. The zero-order valence-electron chi connectivity index (χ0n) is 16.8. The van der Waals surface area contributed by atoms with Crippen LogP contribution in [0.4, 0.5) is 0 Å². The maximum absolute atomic E-state index is 12.2. The number of hydrogen-bond donors (Lipinski definition) is 1. The lowest BCUT2D eigenvalue weighted by molar-refractivity contribution is -0.121. The van der Waals surface area contributed by atoms with Gasteiger partial charge >= 0.3 is 0 Å². The highest BCUT2D eigenvalue weighted by Gasteiger charge is 2.12. The molecular formula is C21H22N6O3. The first-order valence-electron chi connectivity index (χ1n) is 9.72. The third-order valence-corrected chi connectivity index (χ3v) is 4.73. The molecule has 0 spiro atoms. The molecule has 0 saturated heterocycles. The van der Waals surface area contributed by atoms with Crippen molar-refractivity contribution in [1.29, 1.82) is 0 Å². The number of methoxy groups -OCH3 is 1. The topological polar surface area (TPSA) is 107 Å². The van der Waals surface area contributed by atoms with E-state index in [2.05, 4.69) is 25.7 Å². The molecule has 4 aromatic rings. The molecule has 1 amide bonds. The number of nitrogens with zero attached hydrogens (tertiary/aromatic N) is 5. The highest BCUT2D eigenvalue weighted by atomic mass is 16.5. The van der Waals surface area contributed by atoms with Crippen LogP contribution < -0.4 is 10.1 Å². The summed E-state index contributed by atoms with van der Waals surface area (Å²) >= 11 is 0. The normalized spacial score (nSPS) is 11.0. The second kappa shape index (κ2) is 8.73. The molecule has 30 heavy (non-hydrogen) atoms. The minimum atomic E-state index is -0.0517. The number of rotatable bonds is 8. The fraction of sp³-hybridized carbons (Fsp3) is 0.286. The van der Waals surface area contributed by atoms with Crippen LogP contribution in [-0.4, -0.2) is 37.8 Å². The first-order valence-corrected chi connectivity index (χ1v) is 9.72. The van der Waals surface area contributed by atoms with E-state index in [0.29, 0.717) is 42.4 Å². The Hall–Kier alpha value is -3.75. The van der Waals surface area contributed by atoms with E-state index >= 15 is 0 Å². The molecule has 3 aromatic heterocycles. The van der Waals surface area contributed by atoms with Gasteiger partial charge in [0.2, 0.25) is 5.91 Å². The SMILES string of the molecule is CCc1noc(-c2ccn3c(CNC(=O)CCc4cccc(OC)c4)nnc3c2)n1. The van der Waals surface area contributed by atoms with Crippen molar-refractivity contribution in [3.63, 3.8) is 0 Å². The quantitative estimate of drug-likeness (QED) is 0.479. The highest BCUT2D eigenvalue weighted by Crippen LogP contribution is 2.19. The summed E-state index contributed by atoms with van der Waals surface area (Å²) in [6, 6.07) is 11.4. The Morgan fingerprint density at radius 2 is 2.13 bits per heavy atom. The number of ether oxygens (including phenoxy) is 1. The van der Waals surface area contributed by atoms with Crippen LogP contribution in [0.3, 0.4) is 0 Å². The summed E-state index contributed by atoms with van der Waals surface area (Å²) < 4.78 is 12.3. The van der Waals surface area contributed by atoms with Crippen molar-refractivity contribution >= 4 is 11.6 Å². The molecule has 1 N–H and O–H groups in total. The summed E-state index contributed by atoms with van der Waals surface area (Å²) in [6.07, 6.45) is 3.55. The van der Waals surface area contributed by atoms with E-state index in [-0.39, 0.29) is 12.5 Å². The van der Waals surface area contributed by atoms with E-state index < -0.39 is 0 Å². The lowest BCUT2D eigenvalue weighted by Gasteiger charge is -2.06. The number of aryl methyl sites for hydroxylation is 2. The number of amides is 1. The summed E-state index contributed by atoms with van der Waals surface area (Å²) in [4.78, 5) is 16.6. The van der Waals surface area contributed by atoms with Gasteiger partial charge in [-0.05, 0) is 36.2 Å². The largest absolute Gasteiger partial charge is 0.497 e. The molecule has 3 heterocycles. The third kappa shape index (κ3) is 4.29. The summed E-state index contributed by atoms with van der Waals surface area (Å²) in [5.74, 6) is 2.48. The molecule has 0 unspecified atom stereocenters. The van der Waals surface area contributed by atoms with E-state index in [1.807, 2.05) is 53.9 Å². The second-order valence-electron chi connectivity index (χ2n) is 6.76. The Morgan fingerprint density at radius 1 is 1.23 bits per heavy atom. The summed E-state index contributed by atoms with van der Waals surface area (Å²) in [7, 11) is 1.63. The predicted molar refractivity (Wildman–Crippen MR) is 109 cm³/mol. The van der Waals surface area contributed by atoms with Gasteiger partial charge in [-0.1, -0.05) is 24.2 Å². The Bertz CT molecular complexity index is 1170. The van der Waals surface area contributed by atoms with Crippen molar-refractivity contribution in [2.75, 3.05) is 7.11 Å². The van der Waals surface area contributed by atoms with Crippen LogP contribution >= 0.6 is 0 Å². The van der Waals surface area contributed by atoms with Gasteiger partial charge in [0, 0.05) is 24.6 Å². The third-order valence-electron chi connectivity index (χ3n) is 4.73. The number of nitrogens with one attached hydrogen (secondary N) is 1. The smallest absolute Gasteiger partial charge is 0.258 e. The average molecular weight is 406 g/mol. The average Bonchev–Trinajstić information content (AvgIpc) is 3.43. The van der Waals surface area contributed by atoms with Gasteiger partial charge in [-0.2, -0.15) is 4.98 Å². The van der Waals surface area contributed by atoms with E-state index in [9.17, 15) is 4.79 Å². The number of pyridine rings is 1. The van der Waals surface area contributed by atoms with Crippen LogP contribution in [0.1, 0.15) is 30.6 Å². The van der Waals surface area contributed by atoms with Crippen LogP contribution in [0.25, 0.3) is 17.1 Å². The molecule has 0 aliphatic carbocycles. The standard InChI is InChI=1S/C21H22N6O3/c1-3-17-23-21(30-26-17)15-9-10-27-18(12-15)24-25-19(27)13-22-20(28)8-7-14-5-4-6-16(11-14)29-2/h4-6,9-12H,3,7-8,13H2,1-2H3,(H,22,28). The van der Waals surface area contributed by atoms with Gasteiger partial charge in [-0.3, -0.25) is 9.20 Å². The minimum Gasteiger partial charge on any atom is -0.497 e. The molecule has 0 aliphatic rings. The van der Waals surface area contributed by atoms with Crippen LogP contribution in [0.15, 0.2) is 47.1 Å². The molecule has 4 rings (SSSR count). The van der Waals surface area contributed by atoms with Crippen LogP contribution in [0.2, 0.25) is 0 Å². The zero-order chi connectivity index (χ0) is 20.9. The minimum absolute atomic E-state index is 0.0517. The van der Waals surface area contributed by atoms with Gasteiger partial charge in [-0.15, -0.1) is 10.2 Å². The van der Waals surface area contributed by atoms with Crippen molar-refractivity contribution in [3.8, 4) is 17.2 Å². The lowest BCUT2D eigenvalue weighted by atomic mass is 10.1. The van der Waals surface area contributed by atoms with Crippen LogP contribution in [0.5, 0.6) is 5.75 Å². The molecule has 0 atom stereocenters. The Labute approximate surface area is 173 Å². The number of fused-ring (bicyclic) bond motifs is 1. The van der Waals surface area contributed by atoms with Crippen molar-refractivity contribution in [1.82, 2.24) is 30.1 Å². The second-order valence-corrected chi connectivity index (χ2v) is 6.76. The van der Waals surface area contributed by atoms with E-state index in [1.54, 1.807) is 7.11 Å². The molecule has 0 bridgehead atoms. The van der Waals surface area contributed by atoms with Gasteiger partial charge < -0.3 is 14.6 Å². The van der Waals surface area contributed by atoms with Gasteiger partial charge in [0.25, 0.3) is 5.89 Å². The van der Waals surface area contributed by atoms with Crippen molar-refractivity contribution in [2.24, 2.45) is 0 Å². The molecule has 9 heteroatoms. The Morgan fingerprint density at radius 3 is 2.93 bits per heavy atom. The summed E-state index contributed by atoms with van der Waals surface area (Å²) in [5.41, 5.74) is 2.47. The fourth-order valence-corrected chi connectivity index (χ4v) is 3.06. The molecule has 0 aliphatic heterocycles. The van der Waals surface area contributed by atoms with Gasteiger partial charge in [0.15, 0.2) is 17.3 Å². The van der Waals surface area contributed by atoms with Crippen LogP contribution in [-0.2, 0) is 24.2 Å². The number of aromatic nitrogens is 5. The molecular weight excluding hydrogens is 384 g/mol. The van der Waals surface area contributed by atoms with E-state index in [0.717, 1.165) is 16.9 Å². The fourth-order valence-electron chi connectivity index (χ4n) is 3.06. The van der Waals surface area contributed by atoms with Crippen LogP contribution in [0, 0.1) is 0 Å². The van der Waals surface area contributed by atoms with Crippen molar-refractivity contribution < 1.29 is 14.1 Å². The monoisotopic (exact) mass is 406 g/mol. The maximum atomic E-state index is 12.2. The van der Waals surface area contributed by atoms with Gasteiger partial charge in [0.1, 0.15) is 5.75 Å². The molecule has 154 valence electrons. The van der Waals surface area contributed by atoms with E-state index in [1.165, 1.54) is 0 Å². The van der Waals surface area contributed by atoms with Gasteiger partial charge in [-0.25, -0.2) is 0 Å². The maximum Gasteiger partial charge on any atom is 0.258 e. The molecule has 1 aromatic carbocycles. The first-order chi connectivity index (χ1) is 14.7. The van der Waals surface area contributed by atoms with Crippen molar-refractivity contribution in [3.05, 3.63) is 59.8 Å². The molecule has 0 radical (unpaired) electrons. The van der Waals surface area contributed by atoms with E-state index in [4.69, 9.17) is 9.26 Å². The molecule has 0 fully saturated rings. The highest BCUT2D eigenvalue weighted by molar-refractivity contribution is 5.76. The predicted octanol–water partition coefficient (Wildman–Crippen LogP) is 2.60. The number of hydrogen-bond acceptors (Lipinski definition) is 7. The number of benzene rings is 1. The summed E-state index contributed by atoms with van der Waals surface area (Å²) in [6.45, 7) is 2.26.